The van der Waals surface area contributed by atoms with Crippen molar-refractivity contribution in [1.29, 1.82) is 0 Å². The first-order valence-corrected chi connectivity index (χ1v) is 7.80. The fourth-order valence-electron chi connectivity index (χ4n) is 3.68. The highest BCUT2D eigenvalue weighted by Gasteiger charge is 2.39. The maximum absolute atomic E-state index is 12.8. The number of alkyl halides is 3. The summed E-state index contributed by atoms with van der Waals surface area (Å²) in [4.78, 5) is 9.48. The van der Waals surface area contributed by atoms with Crippen LogP contribution in [-0.2, 0) is 6.18 Å². The molecule has 1 aromatic rings. The number of halogens is 3. The van der Waals surface area contributed by atoms with E-state index < -0.39 is 18.0 Å². The van der Waals surface area contributed by atoms with E-state index in [1.807, 2.05) is 0 Å². The van der Waals surface area contributed by atoms with Gasteiger partial charge in [0, 0.05) is 18.8 Å². The molecule has 1 N–H and O–H groups in total. The molecule has 4 nitrogen and oxygen atoms in total. The van der Waals surface area contributed by atoms with Gasteiger partial charge in [-0.15, -0.1) is 0 Å². The second-order valence-corrected chi connectivity index (χ2v) is 6.25. The van der Waals surface area contributed by atoms with E-state index >= 15 is 0 Å². The van der Waals surface area contributed by atoms with Gasteiger partial charge in [-0.1, -0.05) is 19.3 Å². The molecule has 122 valence electrons. The molecule has 2 heterocycles. The molecule has 1 saturated heterocycles. The summed E-state index contributed by atoms with van der Waals surface area (Å²) in [5.74, 6) is 0.492. The fourth-order valence-corrected chi connectivity index (χ4v) is 3.68. The monoisotopic (exact) mass is 315 g/mol. The van der Waals surface area contributed by atoms with E-state index in [1.54, 1.807) is 4.90 Å². The van der Waals surface area contributed by atoms with E-state index in [1.165, 1.54) is 6.42 Å². The summed E-state index contributed by atoms with van der Waals surface area (Å²) < 4.78 is 38.5. The van der Waals surface area contributed by atoms with Gasteiger partial charge >= 0.3 is 6.18 Å². The van der Waals surface area contributed by atoms with E-state index in [0.29, 0.717) is 18.9 Å². The van der Waals surface area contributed by atoms with Gasteiger partial charge < -0.3 is 10.0 Å². The topological polar surface area (TPSA) is 49.2 Å². The lowest BCUT2D eigenvalue weighted by Crippen LogP contribution is -2.38. The second kappa shape index (κ2) is 6.02. The van der Waals surface area contributed by atoms with E-state index in [2.05, 4.69) is 9.97 Å². The first-order chi connectivity index (χ1) is 10.4. The SMILES string of the molecule is O[C@@H]1C[C@H](C2CCCCC2)N(c2nccc(C(F)(F)F)n2)C1. The summed E-state index contributed by atoms with van der Waals surface area (Å²) in [5, 5.41) is 9.97. The molecule has 0 radical (unpaired) electrons. The lowest BCUT2D eigenvalue weighted by Gasteiger charge is -2.33. The van der Waals surface area contributed by atoms with Crippen molar-refractivity contribution in [3.05, 3.63) is 18.0 Å². The number of anilines is 1. The Labute approximate surface area is 127 Å². The number of hydrogen-bond donors (Lipinski definition) is 1. The van der Waals surface area contributed by atoms with Crippen LogP contribution in [-0.4, -0.2) is 33.8 Å². The summed E-state index contributed by atoms with van der Waals surface area (Å²) >= 11 is 0. The molecule has 3 rings (SSSR count). The second-order valence-electron chi connectivity index (χ2n) is 6.25. The van der Waals surface area contributed by atoms with Crippen LogP contribution >= 0.6 is 0 Å². The van der Waals surface area contributed by atoms with Crippen molar-refractivity contribution in [3.63, 3.8) is 0 Å². The van der Waals surface area contributed by atoms with Crippen molar-refractivity contribution in [1.82, 2.24) is 9.97 Å². The van der Waals surface area contributed by atoms with Crippen molar-refractivity contribution < 1.29 is 18.3 Å². The first kappa shape index (κ1) is 15.5. The Balaban J connectivity index is 1.85. The zero-order valence-corrected chi connectivity index (χ0v) is 12.3. The zero-order chi connectivity index (χ0) is 15.7. The average Bonchev–Trinajstić information content (AvgIpc) is 2.89. The molecule has 1 aliphatic carbocycles. The summed E-state index contributed by atoms with van der Waals surface area (Å²) in [7, 11) is 0. The molecule has 0 amide bonds. The van der Waals surface area contributed by atoms with Crippen LogP contribution in [0.4, 0.5) is 19.1 Å². The van der Waals surface area contributed by atoms with Crippen LogP contribution in [0, 0.1) is 5.92 Å². The Morgan fingerprint density at radius 2 is 1.91 bits per heavy atom. The highest BCUT2D eigenvalue weighted by molar-refractivity contribution is 5.36. The van der Waals surface area contributed by atoms with Gasteiger partial charge in [0.25, 0.3) is 0 Å². The number of β-amino-alcohol motifs (C(OH)–C–C–N with tert-alkyl or cyclic N) is 1. The summed E-state index contributed by atoms with van der Waals surface area (Å²) in [6, 6.07) is 0.921. The average molecular weight is 315 g/mol. The third-order valence-corrected chi connectivity index (χ3v) is 4.71. The molecule has 1 saturated carbocycles. The molecule has 2 atom stereocenters. The maximum Gasteiger partial charge on any atom is 0.433 e. The minimum atomic E-state index is -4.48. The van der Waals surface area contributed by atoms with Crippen LogP contribution in [0.2, 0.25) is 0 Å². The molecule has 0 aromatic carbocycles. The van der Waals surface area contributed by atoms with E-state index in [-0.39, 0.29) is 12.0 Å². The Morgan fingerprint density at radius 1 is 1.18 bits per heavy atom. The fraction of sp³-hybridized carbons (Fsp3) is 0.733. The molecule has 2 fully saturated rings. The third kappa shape index (κ3) is 3.19. The van der Waals surface area contributed by atoms with Crippen LogP contribution < -0.4 is 4.90 Å². The van der Waals surface area contributed by atoms with Gasteiger partial charge in [0.2, 0.25) is 5.95 Å². The van der Waals surface area contributed by atoms with Gasteiger partial charge in [0.1, 0.15) is 5.69 Å². The number of nitrogens with zero attached hydrogens (tertiary/aromatic N) is 3. The Bertz CT molecular complexity index is 517. The molecule has 7 heteroatoms. The molecular weight excluding hydrogens is 295 g/mol. The molecule has 2 aliphatic rings. The van der Waals surface area contributed by atoms with Gasteiger partial charge in [0.15, 0.2) is 0 Å². The molecule has 0 bridgehead atoms. The quantitative estimate of drug-likeness (QED) is 0.911. The van der Waals surface area contributed by atoms with Crippen LogP contribution in [0.25, 0.3) is 0 Å². The Hall–Kier alpha value is -1.37. The van der Waals surface area contributed by atoms with E-state index in [9.17, 15) is 18.3 Å². The normalized spacial score (nSPS) is 27.4. The minimum absolute atomic E-state index is 0.0405. The van der Waals surface area contributed by atoms with Gasteiger partial charge in [-0.2, -0.15) is 13.2 Å². The van der Waals surface area contributed by atoms with Crippen molar-refractivity contribution in [2.75, 3.05) is 11.4 Å². The maximum atomic E-state index is 12.8. The lowest BCUT2D eigenvalue weighted by molar-refractivity contribution is -0.141. The first-order valence-electron chi connectivity index (χ1n) is 7.80. The molecular formula is C15H20F3N3O. The van der Waals surface area contributed by atoms with Crippen LogP contribution in [0.1, 0.15) is 44.2 Å². The number of aromatic nitrogens is 2. The summed E-state index contributed by atoms with van der Waals surface area (Å²) in [5.41, 5.74) is -0.929. The highest BCUT2D eigenvalue weighted by atomic mass is 19.4. The number of hydrogen-bond acceptors (Lipinski definition) is 4. The molecule has 0 spiro atoms. The summed E-state index contributed by atoms with van der Waals surface area (Å²) in [6.45, 7) is 0.308. The lowest BCUT2D eigenvalue weighted by atomic mass is 9.83. The van der Waals surface area contributed by atoms with Gasteiger partial charge in [-0.25, -0.2) is 9.97 Å². The van der Waals surface area contributed by atoms with Crippen LogP contribution in [0.15, 0.2) is 12.3 Å². The Morgan fingerprint density at radius 3 is 2.59 bits per heavy atom. The zero-order valence-electron chi connectivity index (χ0n) is 12.3. The Kier molecular flexibility index (Phi) is 4.25. The van der Waals surface area contributed by atoms with Gasteiger partial charge in [-0.3, -0.25) is 0 Å². The van der Waals surface area contributed by atoms with Crippen molar-refractivity contribution in [2.45, 2.75) is 56.8 Å². The predicted octanol–water partition coefficient (Wildman–Crippen LogP) is 3.02. The molecule has 22 heavy (non-hydrogen) atoms. The van der Waals surface area contributed by atoms with E-state index in [0.717, 1.165) is 37.9 Å². The third-order valence-electron chi connectivity index (χ3n) is 4.71. The van der Waals surface area contributed by atoms with Crippen molar-refractivity contribution in [3.8, 4) is 0 Å². The van der Waals surface area contributed by atoms with Crippen LogP contribution in [0.3, 0.4) is 0 Å². The minimum Gasteiger partial charge on any atom is -0.391 e. The molecule has 0 unspecified atom stereocenters. The predicted molar refractivity (Wildman–Crippen MR) is 75.4 cm³/mol. The number of rotatable bonds is 2. The largest absolute Gasteiger partial charge is 0.433 e. The molecule has 1 aliphatic heterocycles. The van der Waals surface area contributed by atoms with Gasteiger partial charge in [-0.05, 0) is 31.2 Å². The molecule has 1 aromatic heterocycles. The standard InChI is InChI=1S/C15H20F3N3O/c16-15(17,18)13-6-7-19-14(20-13)21-9-11(22)8-12(21)10-4-2-1-3-5-10/h6-7,10-12,22H,1-5,8-9H2/t11-,12-/m1/s1. The number of aliphatic hydroxyl groups is 1. The van der Waals surface area contributed by atoms with Crippen LogP contribution in [0.5, 0.6) is 0 Å². The number of aliphatic hydroxyl groups excluding tert-OH is 1. The van der Waals surface area contributed by atoms with Crippen molar-refractivity contribution >= 4 is 5.95 Å². The highest BCUT2D eigenvalue weighted by Crippen LogP contribution is 2.36. The smallest absolute Gasteiger partial charge is 0.391 e. The summed E-state index contributed by atoms with van der Waals surface area (Å²) in [6.07, 6.45) is 2.37. The van der Waals surface area contributed by atoms with Crippen molar-refractivity contribution in [2.24, 2.45) is 5.92 Å². The van der Waals surface area contributed by atoms with Gasteiger partial charge in [0.05, 0.1) is 6.10 Å². The van der Waals surface area contributed by atoms with E-state index in [4.69, 9.17) is 0 Å².